The zero-order chi connectivity index (χ0) is 20.3. The van der Waals surface area contributed by atoms with Crippen molar-refractivity contribution < 1.29 is 4.58 Å². The second-order valence-electron chi connectivity index (χ2n) is 7.70. The molecule has 3 nitrogen and oxygen atoms in total. The molecular weight excluding hydrogens is 348 g/mol. The monoisotopic (exact) mass is 378 g/mol. The maximum Gasteiger partial charge on any atom is 0.199 e. The zero-order valence-corrected chi connectivity index (χ0v) is 17.8. The number of rotatable bonds is 4. The van der Waals surface area contributed by atoms with Crippen molar-refractivity contribution in [2.75, 3.05) is 52.1 Å². The van der Waals surface area contributed by atoms with E-state index in [1.807, 2.05) is 0 Å². The summed E-state index contributed by atoms with van der Waals surface area (Å²) in [5.74, 6) is 0. The predicted molar refractivity (Wildman–Crippen MR) is 123 cm³/mol. The van der Waals surface area contributed by atoms with Crippen molar-refractivity contribution in [2.45, 2.75) is 0 Å². The van der Waals surface area contributed by atoms with Gasteiger partial charge in [0.2, 0.25) is 0 Å². The number of benzene rings is 2. The molecule has 2 aromatic carbocycles. The Morgan fingerprint density at radius 1 is 0.607 bits per heavy atom. The Balaban J connectivity index is 2.12. The average Bonchev–Trinajstić information content (AvgIpc) is 2.69. The number of hydrogen-bond donors (Lipinski definition) is 0. The lowest BCUT2D eigenvalue weighted by Gasteiger charge is -2.18. The van der Waals surface area contributed by atoms with Gasteiger partial charge in [0.25, 0.3) is 0 Å². The summed E-state index contributed by atoms with van der Waals surface area (Å²) >= 11 is 0. The second kappa shape index (κ2) is 8.30. The van der Waals surface area contributed by atoms with Gasteiger partial charge in [-0.05, 0) is 58.7 Å². The molecule has 0 aromatic heterocycles. The van der Waals surface area contributed by atoms with Crippen molar-refractivity contribution in [3.05, 3.63) is 89.5 Å². The highest BCUT2D eigenvalue weighted by Gasteiger charge is 2.13. The summed E-state index contributed by atoms with van der Waals surface area (Å²) in [5, 5.41) is 0. The van der Waals surface area contributed by atoms with Gasteiger partial charge >= 0.3 is 0 Å². The normalized spacial score (nSPS) is 12.9. The standard InChI is InChI=1S/C25H30N3/c1-26(2)22-13-7-19(8-14-22)25(20-9-15-23(16-10-20)27(3)4)21-11-17-24(18-12-21)28(5)6/h7-18H,1-6H3/q+1/i7+1,8+1,13+1,14+1,19+1,22+1. The van der Waals surface area contributed by atoms with Crippen LogP contribution in [0.25, 0.3) is 5.57 Å². The molecule has 0 N–H and O–H groups in total. The van der Waals surface area contributed by atoms with E-state index in [-0.39, 0.29) is 0 Å². The van der Waals surface area contributed by atoms with Crippen LogP contribution in [0.15, 0.2) is 78.4 Å². The molecular formula is C25H30N3+. The molecule has 0 bridgehead atoms. The van der Waals surface area contributed by atoms with Crippen molar-refractivity contribution in [1.29, 1.82) is 0 Å². The number of hydrogen-bond acceptors (Lipinski definition) is 2. The van der Waals surface area contributed by atoms with E-state index in [1.54, 1.807) is 0 Å². The summed E-state index contributed by atoms with van der Waals surface area (Å²) in [5.41, 5.74) is 8.53. The maximum atomic E-state index is 2.21. The summed E-state index contributed by atoms with van der Waals surface area (Å²) in [6.07, 6.45) is 8.78. The molecule has 1 aliphatic rings. The molecule has 3 heteroatoms. The van der Waals surface area contributed by atoms with Gasteiger partial charge in [0.05, 0.1) is 0 Å². The highest BCUT2D eigenvalue weighted by molar-refractivity contribution is 6.04. The lowest BCUT2D eigenvalue weighted by atomic mass is 10.00. The third-order valence-electron chi connectivity index (χ3n) is 5.02. The third-order valence-corrected chi connectivity index (χ3v) is 5.02. The van der Waals surface area contributed by atoms with E-state index in [1.165, 1.54) is 39.4 Å². The van der Waals surface area contributed by atoms with Gasteiger partial charge in [0.15, 0.2) is 5.71 Å². The van der Waals surface area contributed by atoms with E-state index >= 15 is 0 Å². The Morgan fingerprint density at radius 3 is 1.32 bits per heavy atom. The van der Waals surface area contributed by atoms with Crippen LogP contribution >= 0.6 is 0 Å². The van der Waals surface area contributed by atoms with Crippen LogP contribution in [0.4, 0.5) is 11.4 Å². The minimum absolute atomic E-state index is 1.20. The highest BCUT2D eigenvalue weighted by Crippen LogP contribution is 2.31. The molecule has 0 amide bonds. The summed E-state index contributed by atoms with van der Waals surface area (Å²) in [7, 11) is 12.4. The van der Waals surface area contributed by atoms with Gasteiger partial charge < -0.3 is 9.80 Å². The number of nitrogens with zero attached hydrogens (tertiary/aromatic N) is 3. The smallest absolute Gasteiger partial charge is 0.199 e. The van der Waals surface area contributed by atoms with Crippen molar-refractivity contribution >= 4 is 22.7 Å². The van der Waals surface area contributed by atoms with Crippen molar-refractivity contribution in [3.63, 3.8) is 0 Å². The van der Waals surface area contributed by atoms with Crippen LogP contribution in [0.1, 0.15) is 11.1 Å². The third kappa shape index (κ3) is 4.25. The summed E-state index contributed by atoms with van der Waals surface area (Å²) in [4.78, 5) is 4.25. The van der Waals surface area contributed by atoms with Crippen LogP contribution < -0.4 is 9.80 Å². The lowest BCUT2D eigenvalue weighted by molar-refractivity contribution is -0.462. The Hall–Kier alpha value is -3.07. The maximum absolute atomic E-state index is 2.21. The van der Waals surface area contributed by atoms with Crippen LogP contribution in [-0.4, -0.2) is 52.6 Å². The molecule has 0 fully saturated rings. The Labute approximate surface area is 169 Å². The molecule has 0 aliphatic heterocycles. The molecule has 1 aliphatic carbocycles. The average molecular weight is 378 g/mol. The fraction of sp³-hybridized carbons (Fsp3) is 0.240. The zero-order valence-electron chi connectivity index (χ0n) is 17.8. The topological polar surface area (TPSA) is 9.49 Å². The first kappa shape index (κ1) is 19.7. The molecule has 0 spiro atoms. The van der Waals surface area contributed by atoms with Crippen LogP contribution in [0.2, 0.25) is 0 Å². The Bertz CT molecular complexity index is 878. The summed E-state index contributed by atoms with van der Waals surface area (Å²) in [6.45, 7) is 0. The molecule has 28 heavy (non-hydrogen) atoms. The van der Waals surface area contributed by atoms with Crippen molar-refractivity contribution in [2.24, 2.45) is 0 Å². The van der Waals surface area contributed by atoms with E-state index in [4.69, 9.17) is 0 Å². The van der Waals surface area contributed by atoms with E-state index in [2.05, 4.69) is 129 Å². The van der Waals surface area contributed by atoms with Gasteiger partial charge in [-0.25, -0.2) is 4.58 Å². The van der Waals surface area contributed by atoms with Gasteiger partial charge in [-0.2, -0.15) is 0 Å². The molecule has 144 valence electrons. The fourth-order valence-electron chi connectivity index (χ4n) is 3.28. The first-order chi connectivity index (χ1) is 13.4. The first-order valence-corrected chi connectivity index (χ1v) is 9.57. The lowest BCUT2D eigenvalue weighted by Crippen LogP contribution is -2.10. The highest BCUT2D eigenvalue weighted by atomic mass is 15.2. The van der Waals surface area contributed by atoms with Gasteiger partial charge in [-0.1, -0.05) is 24.3 Å². The van der Waals surface area contributed by atoms with E-state index in [9.17, 15) is 0 Å². The molecule has 3 rings (SSSR count). The van der Waals surface area contributed by atoms with E-state index in [0.29, 0.717) is 0 Å². The molecule has 2 aromatic rings. The molecule has 0 heterocycles. The molecule has 0 saturated heterocycles. The summed E-state index contributed by atoms with van der Waals surface area (Å²) in [6, 6.07) is 17.6. The van der Waals surface area contributed by atoms with Crippen LogP contribution in [0.5, 0.6) is 0 Å². The molecule has 0 radical (unpaired) electrons. The number of allylic oxidation sites excluding steroid dienone is 5. The van der Waals surface area contributed by atoms with Crippen molar-refractivity contribution in [1.82, 2.24) is 0 Å². The van der Waals surface area contributed by atoms with E-state index < -0.39 is 0 Å². The quantitative estimate of drug-likeness (QED) is 0.574. The minimum Gasteiger partial charge on any atom is -0.378 e. The fourth-order valence-corrected chi connectivity index (χ4v) is 3.28. The Morgan fingerprint density at radius 2 is 1.00 bits per heavy atom. The van der Waals surface area contributed by atoms with Gasteiger partial charge in [0, 0.05) is 51.7 Å². The van der Waals surface area contributed by atoms with Gasteiger partial charge in [-0.3, -0.25) is 0 Å². The molecule has 0 saturated carbocycles. The first-order valence-electron chi connectivity index (χ1n) is 9.57. The SMILES string of the molecule is CN(C)c1ccc(C(c2ccc(N(C)C)cc2)=[13C]2[13CH]=[13CH][13C](=[N+](C)C)[13CH]=[13CH]2)cc1. The van der Waals surface area contributed by atoms with Crippen LogP contribution in [-0.2, 0) is 0 Å². The summed E-state index contributed by atoms with van der Waals surface area (Å²) < 4.78 is 2.13. The van der Waals surface area contributed by atoms with Crippen LogP contribution in [0.3, 0.4) is 0 Å². The van der Waals surface area contributed by atoms with Gasteiger partial charge in [0.1, 0.15) is 14.1 Å². The molecule has 0 atom stereocenters. The van der Waals surface area contributed by atoms with E-state index in [0.717, 1.165) is 0 Å². The largest absolute Gasteiger partial charge is 0.378 e. The second-order valence-corrected chi connectivity index (χ2v) is 7.70. The Kier molecular flexibility index (Phi) is 5.84. The van der Waals surface area contributed by atoms with Gasteiger partial charge in [-0.15, -0.1) is 0 Å². The van der Waals surface area contributed by atoms with Crippen LogP contribution in [0, 0.1) is 0 Å². The predicted octanol–water partition coefficient (Wildman–Crippen LogP) is 4.46. The molecule has 0 unspecified atom stereocenters. The van der Waals surface area contributed by atoms with Crippen molar-refractivity contribution in [3.8, 4) is 0 Å². The number of anilines is 2. The minimum atomic E-state index is 1.20.